The first kappa shape index (κ1) is 13.5. The van der Waals surface area contributed by atoms with Crippen LogP contribution in [0.1, 0.15) is 22.2 Å². The summed E-state index contributed by atoms with van der Waals surface area (Å²) in [5.41, 5.74) is 0.905. The van der Waals surface area contributed by atoms with Crippen molar-refractivity contribution in [3.63, 3.8) is 0 Å². The predicted molar refractivity (Wildman–Crippen MR) is 67.9 cm³/mol. The molecule has 2 aromatic rings. The lowest BCUT2D eigenvalue weighted by atomic mass is 10.0. The minimum absolute atomic E-state index is 0.104. The van der Waals surface area contributed by atoms with Crippen molar-refractivity contribution in [2.45, 2.75) is 12.2 Å². The number of carbonyl (C=O) groups is 1. The van der Waals surface area contributed by atoms with Gasteiger partial charge in [0, 0.05) is 11.9 Å². The van der Waals surface area contributed by atoms with Gasteiger partial charge in [-0.2, -0.15) is 5.10 Å². The molecule has 2 rings (SSSR count). The highest BCUT2D eigenvalue weighted by molar-refractivity contribution is 6.01. The van der Waals surface area contributed by atoms with E-state index in [2.05, 4.69) is 15.5 Å². The van der Waals surface area contributed by atoms with Gasteiger partial charge in [0.25, 0.3) is 0 Å². The lowest BCUT2D eigenvalue weighted by Gasteiger charge is -2.17. The summed E-state index contributed by atoms with van der Waals surface area (Å²) in [6.07, 6.45) is -2.06. The van der Waals surface area contributed by atoms with Crippen LogP contribution < -0.4 is 5.32 Å². The second-order valence-electron chi connectivity index (χ2n) is 4.25. The zero-order valence-corrected chi connectivity index (χ0v) is 10.3. The Hall–Kier alpha value is -1.96. The van der Waals surface area contributed by atoms with Gasteiger partial charge in [0.2, 0.25) is 0 Å². The average Bonchev–Trinajstić information content (AvgIpc) is 2.80. The molecule has 0 saturated heterocycles. The number of fused-ring (bicyclic) bond motifs is 1. The van der Waals surface area contributed by atoms with Crippen LogP contribution in [0.3, 0.4) is 0 Å². The average molecular weight is 265 g/mol. The Morgan fingerprint density at radius 3 is 2.84 bits per heavy atom. The van der Waals surface area contributed by atoms with Crippen LogP contribution in [-0.2, 0) is 0 Å². The largest absolute Gasteiger partial charge is 0.476 e. The highest BCUT2D eigenvalue weighted by Gasteiger charge is 2.20. The van der Waals surface area contributed by atoms with Crippen LogP contribution in [0.2, 0.25) is 0 Å². The molecule has 0 aliphatic heterocycles. The van der Waals surface area contributed by atoms with Gasteiger partial charge in [-0.15, -0.1) is 0 Å². The van der Waals surface area contributed by atoms with E-state index in [4.69, 9.17) is 5.11 Å². The summed E-state index contributed by atoms with van der Waals surface area (Å²) < 4.78 is 0. The molecule has 0 fully saturated rings. The SMILES string of the molecule is CNCC(O)C(O)c1ccc2[nH]nc(C(=O)O)c2c1. The maximum absolute atomic E-state index is 11.0. The van der Waals surface area contributed by atoms with E-state index in [1.807, 2.05) is 0 Å². The van der Waals surface area contributed by atoms with Gasteiger partial charge in [0.15, 0.2) is 5.69 Å². The standard InChI is InChI=1S/C12H15N3O4/c1-13-5-9(16)11(17)6-2-3-8-7(4-6)10(12(18)19)15-14-8/h2-4,9,11,13,16-17H,5H2,1H3,(H,14,15)(H,18,19). The number of aromatic amines is 1. The van der Waals surface area contributed by atoms with Crippen LogP contribution in [0.15, 0.2) is 18.2 Å². The summed E-state index contributed by atoms with van der Waals surface area (Å²) in [5, 5.41) is 38.1. The molecular formula is C12H15N3O4. The van der Waals surface area contributed by atoms with Crippen LogP contribution >= 0.6 is 0 Å². The molecule has 0 spiro atoms. The smallest absolute Gasteiger partial charge is 0.357 e. The highest BCUT2D eigenvalue weighted by Crippen LogP contribution is 2.23. The summed E-state index contributed by atoms with van der Waals surface area (Å²) in [7, 11) is 1.66. The number of H-pyrrole nitrogens is 1. The first-order valence-electron chi connectivity index (χ1n) is 5.76. The Bertz CT molecular complexity index is 596. The van der Waals surface area contributed by atoms with Gasteiger partial charge in [-0.3, -0.25) is 5.10 Å². The normalized spacial score (nSPS) is 14.5. The maximum Gasteiger partial charge on any atom is 0.357 e. The minimum Gasteiger partial charge on any atom is -0.476 e. The van der Waals surface area contributed by atoms with Crippen molar-refractivity contribution in [3.8, 4) is 0 Å². The lowest BCUT2D eigenvalue weighted by molar-refractivity contribution is 0.0203. The number of rotatable bonds is 5. The van der Waals surface area contributed by atoms with Crippen molar-refractivity contribution in [3.05, 3.63) is 29.5 Å². The number of carboxylic acid groups (broad SMARTS) is 1. The molecule has 2 atom stereocenters. The lowest BCUT2D eigenvalue weighted by Crippen LogP contribution is -2.29. The summed E-state index contributed by atoms with van der Waals surface area (Å²) in [6, 6.07) is 4.76. The number of likely N-dealkylation sites (N-methyl/N-ethyl adjacent to an activating group) is 1. The van der Waals surface area contributed by atoms with E-state index >= 15 is 0 Å². The van der Waals surface area contributed by atoms with Crippen molar-refractivity contribution < 1.29 is 20.1 Å². The molecule has 7 heteroatoms. The fourth-order valence-corrected chi connectivity index (χ4v) is 1.92. The summed E-state index contributed by atoms with van der Waals surface area (Å²) >= 11 is 0. The number of nitrogens with one attached hydrogen (secondary N) is 2. The fourth-order valence-electron chi connectivity index (χ4n) is 1.92. The Morgan fingerprint density at radius 1 is 1.47 bits per heavy atom. The number of aromatic nitrogens is 2. The van der Waals surface area contributed by atoms with Crippen LogP contribution in [0.25, 0.3) is 10.9 Å². The molecule has 19 heavy (non-hydrogen) atoms. The fraction of sp³-hybridized carbons (Fsp3) is 0.333. The van der Waals surface area contributed by atoms with E-state index in [-0.39, 0.29) is 12.2 Å². The van der Waals surface area contributed by atoms with E-state index in [1.54, 1.807) is 19.2 Å². The number of hydrogen-bond donors (Lipinski definition) is 5. The first-order chi connectivity index (χ1) is 9.04. The van der Waals surface area contributed by atoms with Gasteiger partial charge < -0.3 is 20.6 Å². The zero-order chi connectivity index (χ0) is 14.0. The number of aromatic carboxylic acids is 1. The topological polar surface area (TPSA) is 118 Å². The summed E-state index contributed by atoms with van der Waals surface area (Å²) in [5.74, 6) is -1.14. The first-order valence-corrected chi connectivity index (χ1v) is 5.76. The minimum atomic E-state index is -1.14. The van der Waals surface area contributed by atoms with E-state index in [0.29, 0.717) is 16.5 Å². The van der Waals surface area contributed by atoms with Gasteiger partial charge in [-0.1, -0.05) is 6.07 Å². The molecule has 5 N–H and O–H groups in total. The quantitative estimate of drug-likeness (QED) is 0.514. The molecule has 1 aromatic heterocycles. The highest BCUT2D eigenvalue weighted by atomic mass is 16.4. The van der Waals surface area contributed by atoms with Crippen molar-refractivity contribution in [2.24, 2.45) is 0 Å². The Balaban J connectivity index is 2.39. The Morgan fingerprint density at radius 2 is 2.21 bits per heavy atom. The third-order valence-electron chi connectivity index (χ3n) is 2.91. The van der Waals surface area contributed by atoms with Crippen LogP contribution in [0, 0.1) is 0 Å². The number of aliphatic hydroxyl groups is 2. The Labute approximate surface area is 108 Å². The van der Waals surface area contributed by atoms with Crippen molar-refractivity contribution in [2.75, 3.05) is 13.6 Å². The summed E-state index contributed by atoms with van der Waals surface area (Å²) in [6.45, 7) is 0.233. The molecule has 0 bridgehead atoms. The van der Waals surface area contributed by atoms with Gasteiger partial charge in [0.05, 0.1) is 11.6 Å². The molecule has 0 saturated carbocycles. The molecule has 1 heterocycles. The van der Waals surface area contributed by atoms with Crippen LogP contribution in [0.4, 0.5) is 0 Å². The molecule has 2 unspecified atom stereocenters. The third-order valence-corrected chi connectivity index (χ3v) is 2.91. The van der Waals surface area contributed by atoms with E-state index in [9.17, 15) is 15.0 Å². The van der Waals surface area contributed by atoms with Gasteiger partial charge in [-0.25, -0.2) is 4.79 Å². The molecular weight excluding hydrogens is 250 g/mol. The Kier molecular flexibility index (Phi) is 3.79. The summed E-state index contributed by atoms with van der Waals surface area (Å²) in [4.78, 5) is 11.0. The molecule has 7 nitrogen and oxygen atoms in total. The molecule has 0 aliphatic rings. The molecule has 0 aliphatic carbocycles. The number of benzene rings is 1. The van der Waals surface area contributed by atoms with Gasteiger partial charge in [0.1, 0.15) is 6.10 Å². The second-order valence-corrected chi connectivity index (χ2v) is 4.25. The van der Waals surface area contributed by atoms with E-state index in [1.165, 1.54) is 6.07 Å². The second kappa shape index (κ2) is 5.35. The van der Waals surface area contributed by atoms with Crippen molar-refractivity contribution in [1.82, 2.24) is 15.5 Å². The maximum atomic E-state index is 11.0. The van der Waals surface area contributed by atoms with Gasteiger partial charge >= 0.3 is 5.97 Å². The number of nitrogens with zero attached hydrogens (tertiary/aromatic N) is 1. The third kappa shape index (κ3) is 2.58. The van der Waals surface area contributed by atoms with E-state index < -0.39 is 18.2 Å². The number of aliphatic hydroxyl groups excluding tert-OH is 2. The van der Waals surface area contributed by atoms with Crippen LogP contribution in [-0.4, -0.2) is 51.2 Å². The molecule has 1 aromatic carbocycles. The predicted octanol–water partition coefficient (Wildman–Crippen LogP) is -0.125. The monoisotopic (exact) mass is 265 g/mol. The van der Waals surface area contributed by atoms with Crippen molar-refractivity contribution in [1.29, 1.82) is 0 Å². The van der Waals surface area contributed by atoms with Gasteiger partial charge in [-0.05, 0) is 24.7 Å². The molecule has 0 radical (unpaired) electrons. The zero-order valence-electron chi connectivity index (χ0n) is 10.3. The molecule has 0 amide bonds. The molecule has 102 valence electrons. The van der Waals surface area contributed by atoms with Crippen LogP contribution in [0.5, 0.6) is 0 Å². The number of carboxylic acids is 1. The number of hydrogen-bond acceptors (Lipinski definition) is 5. The van der Waals surface area contributed by atoms with Crippen molar-refractivity contribution >= 4 is 16.9 Å². The van der Waals surface area contributed by atoms with E-state index in [0.717, 1.165) is 0 Å².